The van der Waals surface area contributed by atoms with E-state index in [-0.39, 0.29) is 30.0 Å². The number of benzene rings is 1. The van der Waals surface area contributed by atoms with Crippen molar-refractivity contribution in [2.75, 3.05) is 46.4 Å². The largest absolute Gasteiger partial charge is 0.497 e. The van der Waals surface area contributed by atoms with Gasteiger partial charge in [-0.3, -0.25) is 14.5 Å². The molecule has 1 N–H and O–H groups in total. The SMILES string of the molecule is COc1ccc(CN2C[C@H]3O[C@@]4(CN(CCCn5cccn5)C[C@@H]4[C@@H]3CO)C2)c(F)c1. The molecule has 3 aliphatic rings. The van der Waals surface area contributed by atoms with Crippen LogP contribution >= 0.6 is 0 Å². The molecule has 3 aliphatic heterocycles. The number of likely N-dealkylation sites (tertiary alicyclic amines) is 2. The number of hydrogen-bond acceptors (Lipinski definition) is 6. The predicted octanol–water partition coefficient (Wildman–Crippen LogP) is 1.61. The van der Waals surface area contributed by atoms with Gasteiger partial charge >= 0.3 is 0 Å². The normalized spacial score (nSPS) is 30.6. The van der Waals surface area contributed by atoms with Gasteiger partial charge in [-0.25, -0.2) is 4.39 Å². The summed E-state index contributed by atoms with van der Waals surface area (Å²) in [6.07, 6.45) is 4.83. The molecule has 0 aliphatic carbocycles. The highest BCUT2D eigenvalue weighted by atomic mass is 19.1. The summed E-state index contributed by atoms with van der Waals surface area (Å²) < 4.78 is 28.2. The van der Waals surface area contributed by atoms with Crippen LogP contribution in [0.25, 0.3) is 0 Å². The van der Waals surface area contributed by atoms with E-state index in [1.807, 2.05) is 23.0 Å². The van der Waals surface area contributed by atoms with Gasteiger partial charge in [0.2, 0.25) is 0 Å². The Labute approximate surface area is 182 Å². The van der Waals surface area contributed by atoms with E-state index in [1.54, 1.807) is 19.4 Å². The van der Waals surface area contributed by atoms with Crippen LogP contribution in [0.15, 0.2) is 36.7 Å². The number of aliphatic hydroxyl groups excluding tert-OH is 1. The third-order valence-corrected chi connectivity index (χ3v) is 7.22. The van der Waals surface area contributed by atoms with E-state index in [0.717, 1.165) is 45.7 Å². The Kier molecular flexibility index (Phi) is 5.73. The summed E-state index contributed by atoms with van der Waals surface area (Å²) in [5, 5.41) is 14.4. The average molecular weight is 431 g/mol. The average Bonchev–Trinajstić information content (AvgIpc) is 3.43. The van der Waals surface area contributed by atoms with Gasteiger partial charge in [0, 0.05) is 88.3 Å². The number of rotatable bonds is 8. The van der Waals surface area contributed by atoms with Crippen LogP contribution < -0.4 is 4.74 Å². The van der Waals surface area contributed by atoms with Crippen molar-refractivity contribution in [2.24, 2.45) is 11.8 Å². The second-order valence-corrected chi connectivity index (χ2v) is 9.16. The standard InChI is InChI=1S/C23H31FN4O3/c1-30-18-5-4-17(21(24)10-18)11-27-13-22-19(14-29)20-12-26(15-23(20,16-27)31-22)7-3-9-28-8-2-6-25-28/h2,4-6,8,10,19-20,22,29H,3,7,9,11-16H2,1H3/t19-,20+,22+,23-/m0/s1. The molecule has 2 bridgehead atoms. The zero-order valence-corrected chi connectivity index (χ0v) is 18.0. The molecule has 1 aromatic heterocycles. The fourth-order valence-corrected chi connectivity index (χ4v) is 5.83. The van der Waals surface area contributed by atoms with Crippen LogP contribution in [0, 0.1) is 17.7 Å². The molecule has 0 amide bonds. The predicted molar refractivity (Wildman–Crippen MR) is 113 cm³/mol. The maximum Gasteiger partial charge on any atom is 0.131 e. The number of aliphatic hydroxyl groups is 1. The van der Waals surface area contributed by atoms with Crippen LogP contribution in [0.2, 0.25) is 0 Å². The summed E-state index contributed by atoms with van der Waals surface area (Å²) in [5.74, 6) is 0.751. The second-order valence-electron chi connectivity index (χ2n) is 9.16. The van der Waals surface area contributed by atoms with Crippen LogP contribution in [0.1, 0.15) is 12.0 Å². The first-order valence-electron chi connectivity index (χ1n) is 11.1. The van der Waals surface area contributed by atoms with Crippen molar-refractivity contribution in [2.45, 2.75) is 31.2 Å². The van der Waals surface area contributed by atoms with E-state index in [2.05, 4.69) is 14.9 Å². The fraction of sp³-hybridized carbons (Fsp3) is 0.609. The van der Waals surface area contributed by atoms with Gasteiger partial charge in [0.25, 0.3) is 0 Å². The van der Waals surface area contributed by atoms with Crippen molar-refractivity contribution in [3.8, 4) is 5.75 Å². The first-order chi connectivity index (χ1) is 15.1. The minimum Gasteiger partial charge on any atom is -0.497 e. The molecule has 2 aromatic rings. The first kappa shape index (κ1) is 20.9. The molecule has 4 atom stereocenters. The van der Waals surface area contributed by atoms with E-state index < -0.39 is 0 Å². The lowest BCUT2D eigenvalue weighted by Gasteiger charge is -2.40. The molecule has 0 saturated carbocycles. The quantitative estimate of drug-likeness (QED) is 0.687. The van der Waals surface area contributed by atoms with Gasteiger partial charge in [0.1, 0.15) is 11.6 Å². The Balaban J connectivity index is 1.26. The van der Waals surface area contributed by atoms with Gasteiger partial charge in [-0.15, -0.1) is 0 Å². The molecule has 1 aromatic carbocycles. The molecule has 3 saturated heterocycles. The molecule has 0 unspecified atom stereocenters. The lowest BCUT2D eigenvalue weighted by molar-refractivity contribution is -0.119. The van der Waals surface area contributed by atoms with Crippen molar-refractivity contribution in [3.05, 3.63) is 48.0 Å². The molecule has 3 fully saturated rings. The van der Waals surface area contributed by atoms with Crippen LogP contribution in [-0.4, -0.2) is 82.8 Å². The fourth-order valence-electron chi connectivity index (χ4n) is 5.83. The van der Waals surface area contributed by atoms with Crippen LogP contribution in [-0.2, 0) is 17.8 Å². The highest BCUT2D eigenvalue weighted by Gasteiger charge is 2.61. The summed E-state index contributed by atoms with van der Waals surface area (Å²) in [4.78, 5) is 4.76. The van der Waals surface area contributed by atoms with Crippen molar-refractivity contribution in [1.29, 1.82) is 0 Å². The molecular formula is C23H31FN4O3. The summed E-state index contributed by atoms with van der Waals surface area (Å²) in [5.41, 5.74) is 0.398. The Hall–Kier alpha value is -2.00. The number of halogens is 1. The molecule has 5 rings (SSSR count). The number of hydrogen-bond donors (Lipinski definition) is 1. The first-order valence-corrected chi connectivity index (χ1v) is 11.1. The Morgan fingerprint density at radius 3 is 2.87 bits per heavy atom. The number of aryl methyl sites for hydroxylation is 1. The van der Waals surface area contributed by atoms with E-state index >= 15 is 0 Å². The summed E-state index contributed by atoms with van der Waals surface area (Å²) in [6, 6.07) is 7.00. The number of methoxy groups -OCH3 is 1. The maximum absolute atomic E-state index is 14.5. The zero-order chi connectivity index (χ0) is 21.4. The summed E-state index contributed by atoms with van der Waals surface area (Å²) in [7, 11) is 1.54. The molecule has 8 heteroatoms. The Morgan fingerprint density at radius 1 is 1.26 bits per heavy atom. The monoisotopic (exact) mass is 430 g/mol. The second kappa shape index (κ2) is 8.50. The smallest absolute Gasteiger partial charge is 0.131 e. The molecule has 1 spiro atoms. The maximum atomic E-state index is 14.5. The number of fused-ring (bicyclic) bond motifs is 1. The molecule has 0 radical (unpaired) electrons. The van der Waals surface area contributed by atoms with Crippen LogP contribution in [0.3, 0.4) is 0 Å². The minimum absolute atomic E-state index is 0.0104. The summed E-state index contributed by atoms with van der Waals surface area (Å²) in [6.45, 7) is 5.88. The van der Waals surface area contributed by atoms with Crippen molar-refractivity contribution < 1.29 is 19.0 Å². The number of aromatic nitrogens is 2. The van der Waals surface area contributed by atoms with Gasteiger partial charge in [-0.05, 0) is 18.6 Å². The highest BCUT2D eigenvalue weighted by molar-refractivity contribution is 5.29. The van der Waals surface area contributed by atoms with Gasteiger partial charge in [0.05, 0.1) is 18.8 Å². The van der Waals surface area contributed by atoms with Gasteiger partial charge in [-0.1, -0.05) is 6.07 Å². The molecule has 31 heavy (non-hydrogen) atoms. The minimum atomic E-state index is -0.273. The van der Waals surface area contributed by atoms with E-state index in [0.29, 0.717) is 23.8 Å². The van der Waals surface area contributed by atoms with Crippen molar-refractivity contribution >= 4 is 0 Å². The van der Waals surface area contributed by atoms with E-state index in [4.69, 9.17) is 9.47 Å². The van der Waals surface area contributed by atoms with E-state index in [1.165, 1.54) is 6.07 Å². The Morgan fingerprint density at radius 2 is 2.13 bits per heavy atom. The van der Waals surface area contributed by atoms with Crippen molar-refractivity contribution in [3.63, 3.8) is 0 Å². The highest BCUT2D eigenvalue weighted by Crippen LogP contribution is 2.49. The number of ether oxygens (including phenoxy) is 2. The topological polar surface area (TPSA) is 63.0 Å². The van der Waals surface area contributed by atoms with E-state index in [9.17, 15) is 9.50 Å². The summed E-state index contributed by atoms with van der Waals surface area (Å²) >= 11 is 0. The van der Waals surface area contributed by atoms with Crippen LogP contribution in [0.4, 0.5) is 4.39 Å². The molecular weight excluding hydrogens is 399 g/mol. The third-order valence-electron chi connectivity index (χ3n) is 7.22. The lowest BCUT2D eigenvalue weighted by Crippen LogP contribution is -2.53. The van der Waals surface area contributed by atoms with Crippen molar-refractivity contribution in [1.82, 2.24) is 19.6 Å². The molecule has 168 valence electrons. The van der Waals surface area contributed by atoms with Gasteiger partial charge in [0.15, 0.2) is 0 Å². The van der Waals surface area contributed by atoms with Crippen LogP contribution in [0.5, 0.6) is 5.75 Å². The van der Waals surface area contributed by atoms with Gasteiger partial charge < -0.3 is 14.6 Å². The zero-order valence-electron chi connectivity index (χ0n) is 18.0. The molecule has 7 nitrogen and oxygen atoms in total. The number of nitrogens with zero attached hydrogens (tertiary/aromatic N) is 4. The molecule has 4 heterocycles. The lowest BCUT2D eigenvalue weighted by atomic mass is 9.83. The number of morpholine rings is 1. The van der Waals surface area contributed by atoms with Gasteiger partial charge in [-0.2, -0.15) is 5.10 Å². The Bertz CT molecular complexity index is 895. The third kappa shape index (κ3) is 3.98.